The van der Waals surface area contributed by atoms with Crippen molar-refractivity contribution in [2.75, 3.05) is 17.6 Å². The van der Waals surface area contributed by atoms with Gasteiger partial charge in [0, 0.05) is 23.5 Å². The molecule has 3 rings (SSSR count). The molecule has 6 heteroatoms. The van der Waals surface area contributed by atoms with Crippen LogP contribution in [-0.2, 0) is 11.2 Å². The maximum absolute atomic E-state index is 11.4. The van der Waals surface area contributed by atoms with Gasteiger partial charge in [0.1, 0.15) is 0 Å². The maximum atomic E-state index is 11.4. The molecule has 2 N–H and O–H groups in total. The molecule has 0 saturated carbocycles. The van der Waals surface area contributed by atoms with E-state index in [1.165, 1.54) is 0 Å². The number of fused-ring (bicyclic) bond motifs is 1. The second-order valence-corrected chi connectivity index (χ2v) is 6.89. The number of hydrazone groups is 1. The van der Waals surface area contributed by atoms with Gasteiger partial charge in [-0.2, -0.15) is 5.10 Å². The molecule has 0 aromatic heterocycles. The quantitative estimate of drug-likeness (QED) is 0.897. The van der Waals surface area contributed by atoms with E-state index in [-0.39, 0.29) is 5.91 Å². The first kappa shape index (κ1) is 15.1. The number of hydrogen-bond donors (Lipinski definition) is 2. The smallest absolute Gasteiger partial charge is 0.228 e. The Labute approximate surface area is 134 Å². The molecule has 0 radical (unpaired) electrons. The van der Waals surface area contributed by atoms with E-state index < -0.39 is 0 Å². The number of aliphatic imine (C=N–C) groups is 1. The first-order valence-electron chi connectivity index (χ1n) is 7.55. The minimum atomic E-state index is 0.0600. The number of carbonyl (C=O) groups is 1. The summed E-state index contributed by atoms with van der Waals surface area (Å²) in [4.78, 5) is 15.9. The van der Waals surface area contributed by atoms with Gasteiger partial charge in [-0.3, -0.25) is 15.2 Å². The molecule has 22 heavy (non-hydrogen) atoms. The molecule has 1 aromatic carbocycles. The molecule has 1 aromatic rings. The Kier molecular flexibility index (Phi) is 4.47. The molecule has 5 nitrogen and oxygen atoms in total. The van der Waals surface area contributed by atoms with Crippen molar-refractivity contribution in [1.29, 1.82) is 0 Å². The highest BCUT2D eigenvalue weighted by molar-refractivity contribution is 8.14. The van der Waals surface area contributed by atoms with Crippen molar-refractivity contribution in [2.24, 2.45) is 16.0 Å². The van der Waals surface area contributed by atoms with Crippen LogP contribution in [0.4, 0.5) is 5.69 Å². The van der Waals surface area contributed by atoms with Gasteiger partial charge in [0.05, 0.1) is 12.1 Å². The van der Waals surface area contributed by atoms with Crippen molar-refractivity contribution >= 4 is 34.2 Å². The fourth-order valence-corrected chi connectivity index (χ4v) is 3.16. The molecule has 0 unspecified atom stereocenters. The summed E-state index contributed by atoms with van der Waals surface area (Å²) >= 11 is 1.67. The number of carbonyl (C=O) groups excluding carboxylic acids is 1. The second kappa shape index (κ2) is 6.52. The fourth-order valence-electron chi connectivity index (χ4n) is 2.36. The number of benzene rings is 1. The highest BCUT2D eigenvalue weighted by Crippen LogP contribution is 2.25. The highest BCUT2D eigenvalue weighted by atomic mass is 32.2. The van der Waals surface area contributed by atoms with Crippen molar-refractivity contribution < 1.29 is 4.79 Å². The van der Waals surface area contributed by atoms with Gasteiger partial charge in [0.15, 0.2) is 5.17 Å². The molecular formula is C16H20N4OS. The molecule has 0 bridgehead atoms. The lowest BCUT2D eigenvalue weighted by Crippen LogP contribution is -2.25. The predicted molar refractivity (Wildman–Crippen MR) is 92.7 cm³/mol. The Morgan fingerprint density at radius 1 is 1.41 bits per heavy atom. The van der Waals surface area contributed by atoms with Crippen LogP contribution < -0.4 is 10.7 Å². The van der Waals surface area contributed by atoms with Crippen molar-refractivity contribution in [3.8, 4) is 0 Å². The van der Waals surface area contributed by atoms with Gasteiger partial charge in [0.2, 0.25) is 5.91 Å². The molecule has 0 saturated heterocycles. The summed E-state index contributed by atoms with van der Waals surface area (Å²) in [5.74, 6) is 1.52. The Hall–Kier alpha value is -1.82. The van der Waals surface area contributed by atoms with E-state index in [4.69, 9.17) is 0 Å². The topological polar surface area (TPSA) is 65.8 Å². The largest absolute Gasteiger partial charge is 0.326 e. The molecule has 0 aliphatic carbocycles. The molecule has 2 aliphatic rings. The van der Waals surface area contributed by atoms with E-state index in [0.29, 0.717) is 12.3 Å². The summed E-state index contributed by atoms with van der Waals surface area (Å²) in [5, 5.41) is 8.19. The van der Waals surface area contributed by atoms with Crippen LogP contribution in [0, 0.1) is 5.92 Å². The molecule has 0 spiro atoms. The molecule has 2 heterocycles. The van der Waals surface area contributed by atoms with Crippen LogP contribution in [0.25, 0.3) is 0 Å². The molecule has 1 amide bonds. The van der Waals surface area contributed by atoms with Gasteiger partial charge < -0.3 is 5.32 Å². The van der Waals surface area contributed by atoms with E-state index in [0.717, 1.165) is 46.4 Å². The van der Waals surface area contributed by atoms with Crippen molar-refractivity contribution in [2.45, 2.75) is 26.7 Å². The third-order valence-electron chi connectivity index (χ3n) is 3.66. The molecular weight excluding hydrogens is 296 g/mol. The molecule has 2 aliphatic heterocycles. The summed E-state index contributed by atoms with van der Waals surface area (Å²) < 4.78 is 0. The van der Waals surface area contributed by atoms with Crippen molar-refractivity contribution in [1.82, 2.24) is 5.43 Å². The maximum Gasteiger partial charge on any atom is 0.228 e. The fraction of sp³-hybridized carbons (Fsp3) is 0.438. The predicted octanol–water partition coefficient (Wildman–Crippen LogP) is 2.62. The van der Waals surface area contributed by atoms with Gasteiger partial charge in [-0.15, -0.1) is 0 Å². The number of thioether (sulfide) groups is 1. The number of rotatable bonds is 4. The summed E-state index contributed by atoms with van der Waals surface area (Å²) in [6, 6.07) is 6.03. The first-order valence-corrected chi connectivity index (χ1v) is 8.53. The zero-order valence-electron chi connectivity index (χ0n) is 12.8. The van der Waals surface area contributed by atoms with Crippen LogP contribution in [0.15, 0.2) is 28.3 Å². The lowest BCUT2D eigenvalue weighted by Gasteiger charge is -2.15. The number of amides is 1. The number of anilines is 1. The van der Waals surface area contributed by atoms with Crippen LogP contribution in [0.5, 0.6) is 0 Å². The Morgan fingerprint density at radius 3 is 3.00 bits per heavy atom. The zero-order valence-corrected chi connectivity index (χ0v) is 13.7. The third-order valence-corrected chi connectivity index (χ3v) is 4.57. The lowest BCUT2D eigenvalue weighted by atomic mass is 10.1. The molecule has 0 atom stereocenters. The summed E-state index contributed by atoms with van der Waals surface area (Å²) in [7, 11) is 0. The van der Waals surface area contributed by atoms with Gasteiger partial charge in [-0.25, -0.2) is 0 Å². The normalized spacial score (nSPS) is 19.0. The number of nitrogens with one attached hydrogen (secondary N) is 2. The molecule has 0 fully saturated rings. The van der Waals surface area contributed by atoms with E-state index in [9.17, 15) is 4.79 Å². The minimum absolute atomic E-state index is 0.0600. The van der Waals surface area contributed by atoms with E-state index in [1.54, 1.807) is 11.8 Å². The standard InChI is InChI=1S/C16H20N4OS/c1-10(2)5-6-17-16-20-19-14(9-22-16)11-3-4-12-8-15(21)18-13(12)7-11/h3-4,7,10H,5-6,8-9H2,1-2H3,(H,17,20)(H,18,21). The molecule has 116 valence electrons. The number of nitrogens with zero attached hydrogens (tertiary/aromatic N) is 2. The van der Waals surface area contributed by atoms with Crippen LogP contribution in [-0.4, -0.2) is 29.1 Å². The van der Waals surface area contributed by atoms with E-state index in [2.05, 4.69) is 34.7 Å². The van der Waals surface area contributed by atoms with Crippen LogP contribution in [0.3, 0.4) is 0 Å². The van der Waals surface area contributed by atoms with Gasteiger partial charge >= 0.3 is 0 Å². The van der Waals surface area contributed by atoms with Crippen molar-refractivity contribution in [3.05, 3.63) is 29.3 Å². The second-order valence-electron chi connectivity index (χ2n) is 5.93. The Bertz CT molecular complexity index is 652. The first-order chi connectivity index (χ1) is 10.6. The van der Waals surface area contributed by atoms with E-state index >= 15 is 0 Å². The van der Waals surface area contributed by atoms with Gasteiger partial charge in [-0.05, 0) is 24.0 Å². The highest BCUT2D eigenvalue weighted by Gasteiger charge is 2.20. The van der Waals surface area contributed by atoms with Gasteiger partial charge in [-0.1, -0.05) is 37.7 Å². The summed E-state index contributed by atoms with van der Waals surface area (Å²) in [6.45, 7) is 5.23. The summed E-state index contributed by atoms with van der Waals surface area (Å²) in [5.41, 5.74) is 7.02. The average Bonchev–Trinajstić information content (AvgIpc) is 2.86. The average molecular weight is 316 g/mol. The Morgan fingerprint density at radius 2 is 2.27 bits per heavy atom. The zero-order chi connectivity index (χ0) is 15.5. The SMILES string of the molecule is CC(C)CCN=C1NN=C(c2ccc3c(c2)NC(=O)C3)CS1. The number of amidine groups is 1. The van der Waals surface area contributed by atoms with E-state index in [1.807, 2.05) is 18.2 Å². The summed E-state index contributed by atoms with van der Waals surface area (Å²) in [6.07, 6.45) is 1.56. The van der Waals surface area contributed by atoms with Gasteiger partial charge in [0.25, 0.3) is 0 Å². The monoisotopic (exact) mass is 316 g/mol. The lowest BCUT2D eigenvalue weighted by molar-refractivity contribution is -0.115. The van der Waals surface area contributed by atoms with Crippen LogP contribution in [0.2, 0.25) is 0 Å². The Balaban J connectivity index is 1.66. The van der Waals surface area contributed by atoms with Crippen molar-refractivity contribution in [3.63, 3.8) is 0 Å². The number of hydrogen-bond acceptors (Lipinski definition) is 4. The van der Waals surface area contributed by atoms with Crippen LogP contribution >= 0.6 is 11.8 Å². The minimum Gasteiger partial charge on any atom is -0.326 e. The third kappa shape index (κ3) is 3.50. The van der Waals surface area contributed by atoms with Crippen LogP contribution in [0.1, 0.15) is 31.4 Å².